The quantitative estimate of drug-likeness (QED) is 0.794. The molecule has 1 nitrogen and oxygen atoms in total. The molecule has 0 heterocycles. The number of Topliss-reactive ketones (excluding diaryl/α,β-unsaturated/α-hetero) is 1. The third-order valence-corrected chi connectivity index (χ3v) is 6.15. The third-order valence-electron chi connectivity index (χ3n) is 6.15. The fourth-order valence-electron chi connectivity index (χ4n) is 6.02. The van der Waals surface area contributed by atoms with Crippen LogP contribution in [0.4, 0.5) is 0 Å². The first kappa shape index (κ1) is 12.6. The van der Waals surface area contributed by atoms with Gasteiger partial charge in [-0.25, -0.2) is 0 Å². The molecule has 106 valence electrons. The zero-order valence-corrected chi connectivity index (χ0v) is 12.4. The molecule has 4 bridgehead atoms. The van der Waals surface area contributed by atoms with Crippen molar-refractivity contribution >= 4 is 5.78 Å². The zero-order chi connectivity index (χ0) is 13.8. The van der Waals surface area contributed by atoms with E-state index < -0.39 is 0 Å². The average molecular weight is 268 g/mol. The van der Waals surface area contributed by atoms with Crippen LogP contribution in [0.2, 0.25) is 0 Å². The van der Waals surface area contributed by atoms with Gasteiger partial charge in [0.2, 0.25) is 0 Å². The summed E-state index contributed by atoms with van der Waals surface area (Å²) in [7, 11) is 0. The van der Waals surface area contributed by atoms with Crippen molar-refractivity contribution in [2.24, 2.45) is 22.7 Å². The summed E-state index contributed by atoms with van der Waals surface area (Å²) in [6.07, 6.45) is 8.34. The topological polar surface area (TPSA) is 17.1 Å². The largest absolute Gasteiger partial charge is 0.299 e. The fourth-order valence-corrected chi connectivity index (χ4v) is 6.02. The summed E-state index contributed by atoms with van der Waals surface area (Å²) in [6, 6.07) is 10.3. The molecule has 0 saturated heterocycles. The number of hydrogen-bond donors (Lipinski definition) is 0. The summed E-state index contributed by atoms with van der Waals surface area (Å²) in [5, 5.41) is 0. The Kier molecular flexibility index (Phi) is 2.64. The second kappa shape index (κ2) is 4.19. The highest BCUT2D eigenvalue weighted by atomic mass is 16.1. The molecule has 4 aliphatic carbocycles. The standard InChI is InChI=1S/C19H24O/c1-18-9-15-7-16(10-18)12-19(11-15,13-18)17(20)8-14-5-3-2-4-6-14/h2-6,15-16H,7-13H2,1H3. The Labute approximate surface area is 121 Å². The van der Waals surface area contributed by atoms with Crippen LogP contribution in [0.1, 0.15) is 51.0 Å². The van der Waals surface area contributed by atoms with Gasteiger partial charge in [0.1, 0.15) is 5.78 Å². The first-order chi connectivity index (χ1) is 9.57. The molecule has 4 aliphatic rings. The predicted octanol–water partition coefficient (Wildman–Crippen LogP) is 4.40. The van der Waals surface area contributed by atoms with Gasteiger partial charge in [-0.15, -0.1) is 0 Å². The Morgan fingerprint density at radius 2 is 1.75 bits per heavy atom. The van der Waals surface area contributed by atoms with Crippen LogP contribution in [0, 0.1) is 22.7 Å². The van der Waals surface area contributed by atoms with E-state index in [0.29, 0.717) is 17.6 Å². The molecule has 1 aromatic rings. The van der Waals surface area contributed by atoms with Gasteiger partial charge in [-0.3, -0.25) is 4.79 Å². The number of carbonyl (C=O) groups excluding carboxylic acids is 1. The zero-order valence-electron chi connectivity index (χ0n) is 12.4. The van der Waals surface area contributed by atoms with E-state index in [-0.39, 0.29) is 5.41 Å². The van der Waals surface area contributed by atoms with Crippen molar-refractivity contribution in [3.8, 4) is 0 Å². The number of hydrogen-bond acceptors (Lipinski definition) is 1. The lowest BCUT2D eigenvalue weighted by molar-refractivity contribution is -0.152. The van der Waals surface area contributed by atoms with E-state index in [1.165, 1.54) is 44.1 Å². The van der Waals surface area contributed by atoms with Crippen LogP contribution in [-0.4, -0.2) is 5.78 Å². The second-order valence-electron chi connectivity index (χ2n) is 8.14. The lowest BCUT2D eigenvalue weighted by atomic mass is 9.43. The molecular weight excluding hydrogens is 244 g/mol. The van der Waals surface area contributed by atoms with E-state index in [1.54, 1.807) is 0 Å². The monoisotopic (exact) mass is 268 g/mol. The lowest BCUT2D eigenvalue weighted by Gasteiger charge is -2.60. The molecule has 0 radical (unpaired) electrons. The molecule has 0 aromatic heterocycles. The smallest absolute Gasteiger partial charge is 0.143 e. The highest BCUT2D eigenvalue weighted by Gasteiger charge is 2.58. The van der Waals surface area contributed by atoms with Crippen molar-refractivity contribution in [2.75, 3.05) is 0 Å². The summed E-state index contributed by atoms with van der Waals surface area (Å²) >= 11 is 0. The number of ketones is 1. The van der Waals surface area contributed by atoms with Crippen LogP contribution in [0.15, 0.2) is 30.3 Å². The van der Waals surface area contributed by atoms with E-state index in [9.17, 15) is 4.79 Å². The van der Waals surface area contributed by atoms with Crippen molar-refractivity contribution < 1.29 is 4.79 Å². The van der Waals surface area contributed by atoms with Crippen molar-refractivity contribution in [2.45, 2.75) is 51.9 Å². The maximum Gasteiger partial charge on any atom is 0.143 e. The maximum absolute atomic E-state index is 13.0. The van der Waals surface area contributed by atoms with Gasteiger partial charge in [-0.1, -0.05) is 37.3 Å². The molecule has 1 aromatic carbocycles. The molecule has 2 unspecified atom stereocenters. The molecule has 0 aliphatic heterocycles. The highest BCUT2D eigenvalue weighted by molar-refractivity contribution is 5.87. The van der Waals surface area contributed by atoms with E-state index in [4.69, 9.17) is 0 Å². The van der Waals surface area contributed by atoms with Gasteiger partial charge in [-0.2, -0.15) is 0 Å². The molecular formula is C19H24O. The van der Waals surface area contributed by atoms with Crippen LogP contribution in [0.3, 0.4) is 0 Å². The third kappa shape index (κ3) is 1.94. The molecule has 2 atom stereocenters. The van der Waals surface area contributed by atoms with Gasteiger partial charge >= 0.3 is 0 Å². The van der Waals surface area contributed by atoms with E-state index >= 15 is 0 Å². The van der Waals surface area contributed by atoms with Gasteiger partial charge in [0.25, 0.3) is 0 Å². The summed E-state index contributed by atoms with van der Waals surface area (Å²) in [5.41, 5.74) is 1.70. The molecule has 4 saturated carbocycles. The Hall–Kier alpha value is -1.11. The Morgan fingerprint density at radius 1 is 1.10 bits per heavy atom. The van der Waals surface area contributed by atoms with Crippen molar-refractivity contribution in [1.82, 2.24) is 0 Å². The predicted molar refractivity (Wildman–Crippen MR) is 80.4 cm³/mol. The van der Waals surface area contributed by atoms with Crippen molar-refractivity contribution in [3.05, 3.63) is 35.9 Å². The first-order valence-corrected chi connectivity index (χ1v) is 8.14. The summed E-state index contributed by atoms with van der Waals surface area (Å²) < 4.78 is 0. The van der Waals surface area contributed by atoms with Crippen LogP contribution in [0.25, 0.3) is 0 Å². The SMILES string of the molecule is CC12CC3CC(C1)CC(C(=O)Cc1ccccc1)(C3)C2. The lowest BCUT2D eigenvalue weighted by Crippen LogP contribution is -2.54. The molecule has 5 rings (SSSR count). The van der Waals surface area contributed by atoms with E-state index in [0.717, 1.165) is 11.8 Å². The normalized spacial score (nSPS) is 41.9. The highest BCUT2D eigenvalue weighted by Crippen LogP contribution is 2.65. The Balaban J connectivity index is 1.60. The Morgan fingerprint density at radius 3 is 2.35 bits per heavy atom. The molecule has 0 N–H and O–H groups in total. The number of benzene rings is 1. The van der Waals surface area contributed by atoms with Gasteiger partial charge in [-0.05, 0) is 61.3 Å². The average Bonchev–Trinajstić information content (AvgIpc) is 2.37. The van der Waals surface area contributed by atoms with E-state index in [2.05, 4.69) is 19.1 Å². The summed E-state index contributed by atoms with van der Waals surface area (Å²) in [5.74, 6) is 2.20. The molecule has 0 amide bonds. The van der Waals surface area contributed by atoms with Crippen molar-refractivity contribution in [3.63, 3.8) is 0 Å². The molecule has 1 heteroatoms. The number of carbonyl (C=O) groups is 1. The Bertz CT molecular complexity index is 516. The van der Waals surface area contributed by atoms with Gasteiger partial charge in [0.05, 0.1) is 0 Å². The summed E-state index contributed by atoms with van der Waals surface area (Å²) in [4.78, 5) is 13.0. The van der Waals surface area contributed by atoms with Gasteiger partial charge in [0.15, 0.2) is 0 Å². The van der Waals surface area contributed by atoms with Gasteiger partial charge < -0.3 is 0 Å². The first-order valence-electron chi connectivity index (χ1n) is 8.14. The number of rotatable bonds is 3. The van der Waals surface area contributed by atoms with E-state index in [1.807, 2.05) is 18.2 Å². The van der Waals surface area contributed by atoms with Crippen LogP contribution in [0.5, 0.6) is 0 Å². The summed E-state index contributed by atoms with van der Waals surface area (Å²) in [6.45, 7) is 2.44. The van der Waals surface area contributed by atoms with Crippen LogP contribution < -0.4 is 0 Å². The minimum Gasteiger partial charge on any atom is -0.299 e. The molecule has 4 fully saturated rings. The fraction of sp³-hybridized carbons (Fsp3) is 0.632. The molecule has 0 spiro atoms. The maximum atomic E-state index is 13.0. The van der Waals surface area contributed by atoms with Gasteiger partial charge in [0, 0.05) is 11.8 Å². The van der Waals surface area contributed by atoms with Crippen LogP contribution >= 0.6 is 0 Å². The minimum atomic E-state index is 0.0364. The van der Waals surface area contributed by atoms with Crippen molar-refractivity contribution in [1.29, 1.82) is 0 Å². The minimum absolute atomic E-state index is 0.0364. The molecule has 20 heavy (non-hydrogen) atoms. The second-order valence-corrected chi connectivity index (χ2v) is 8.14. The van der Waals surface area contributed by atoms with Crippen LogP contribution in [-0.2, 0) is 11.2 Å².